The third kappa shape index (κ3) is 6.49. The third-order valence-corrected chi connectivity index (χ3v) is 7.05. The van der Waals surface area contributed by atoms with Crippen molar-refractivity contribution in [2.75, 3.05) is 13.2 Å². The first-order valence-electron chi connectivity index (χ1n) is 13.9. The first-order chi connectivity index (χ1) is 20.0. The summed E-state index contributed by atoms with van der Waals surface area (Å²) in [6.45, 7) is 3.30. The molecule has 5 rings (SSSR count). The molecule has 1 unspecified atom stereocenters. The second-order valence-electron chi connectivity index (χ2n) is 9.95. The molecule has 0 spiro atoms. The largest absolute Gasteiger partial charge is 0.507 e. The van der Waals surface area contributed by atoms with Gasteiger partial charge in [-0.15, -0.1) is 0 Å². The molecule has 0 aromatic heterocycles. The second kappa shape index (κ2) is 13.0. The maximum Gasteiger partial charge on any atom is 0.295 e. The number of aliphatic hydroxyl groups is 1. The number of hydrogen-bond acceptors (Lipinski definition) is 5. The highest BCUT2D eigenvalue weighted by Gasteiger charge is 2.46. The summed E-state index contributed by atoms with van der Waals surface area (Å²) in [7, 11) is 0. The molecule has 0 aliphatic carbocycles. The van der Waals surface area contributed by atoms with E-state index in [9.17, 15) is 14.7 Å². The van der Waals surface area contributed by atoms with Crippen LogP contribution in [0, 0.1) is 0 Å². The van der Waals surface area contributed by atoms with Gasteiger partial charge in [-0.25, -0.2) is 0 Å². The van der Waals surface area contributed by atoms with Crippen LogP contribution in [0.1, 0.15) is 41.6 Å². The quantitative estimate of drug-likeness (QED) is 0.128. The van der Waals surface area contributed by atoms with E-state index < -0.39 is 17.7 Å². The van der Waals surface area contributed by atoms with Crippen molar-refractivity contribution in [1.82, 2.24) is 4.90 Å². The first-order valence-corrected chi connectivity index (χ1v) is 13.9. The predicted molar refractivity (Wildman–Crippen MR) is 159 cm³/mol. The fourth-order valence-corrected chi connectivity index (χ4v) is 4.95. The Bertz CT molecular complexity index is 1510. The van der Waals surface area contributed by atoms with Gasteiger partial charge in [0.1, 0.15) is 23.9 Å². The molecule has 1 heterocycles. The maximum absolute atomic E-state index is 13.5. The molecule has 1 amide bonds. The maximum atomic E-state index is 13.5. The number of ketones is 1. The summed E-state index contributed by atoms with van der Waals surface area (Å²) in [6.07, 6.45) is 1.44. The molecule has 208 valence electrons. The predicted octanol–water partition coefficient (Wildman–Crippen LogP) is 6.72. The van der Waals surface area contributed by atoms with Crippen molar-refractivity contribution in [2.24, 2.45) is 0 Å². The van der Waals surface area contributed by atoms with Crippen LogP contribution in [0.2, 0.25) is 0 Å². The van der Waals surface area contributed by atoms with Crippen molar-refractivity contribution < 1.29 is 24.2 Å². The normalized spacial score (nSPS) is 16.1. The summed E-state index contributed by atoms with van der Waals surface area (Å²) in [4.78, 5) is 28.4. The Hall–Kier alpha value is -4.84. The van der Waals surface area contributed by atoms with Crippen LogP contribution in [0.4, 0.5) is 0 Å². The van der Waals surface area contributed by atoms with Crippen LogP contribution >= 0.6 is 0 Å². The van der Waals surface area contributed by atoms with Crippen LogP contribution in [0.15, 0.2) is 115 Å². The van der Waals surface area contributed by atoms with Gasteiger partial charge in [-0.1, -0.05) is 79.7 Å². The highest BCUT2D eigenvalue weighted by atomic mass is 16.5. The van der Waals surface area contributed by atoms with Gasteiger partial charge in [0.15, 0.2) is 0 Å². The number of rotatable bonds is 11. The van der Waals surface area contributed by atoms with Crippen molar-refractivity contribution in [2.45, 2.75) is 32.4 Å². The van der Waals surface area contributed by atoms with Crippen LogP contribution in [0.5, 0.6) is 11.5 Å². The Kier molecular flexibility index (Phi) is 8.79. The Labute approximate surface area is 240 Å². The van der Waals surface area contributed by atoms with Crippen molar-refractivity contribution in [3.8, 4) is 11.5 Å². The van der Waals surface area contributed by atoms with E-state index in [-0.39, 0.29) is 11.3 Å². The molecule has 1 aliphatic heterocycles. The molecule has 1 saturated heterocycles. The number of ether oxygens (including phenoxy) is 2. The Morgan fingerprint density at radius 3 is 2.15 bits per heavy atom. The molecular weight excluding hydrogens is 514 g/mol. The van der Waals surface area contributed by atoms with E-state index in [1.807, 2.05) is 91.9 Å². The zero-order valence-electron chi connectivity index (χ0n) is 23.0. The van der Waals surface area contributed by atoms with Gasteiger partial charge in [0.25, 0.3) is 11.7 Å². The lowest BCUT2D eigenvalue weighted by Gasteiger charge is -2.26. The van der Waals surface area contributed by atoms with Gasteiger partial charge in [0.05, 0.1) is 18.2 Å². The number of likely N-dealkylation sites (tertiary alicyclic amines) is 1. The van der Waals surface area contributed by atoms with E-state index >= 15 is 0 Å². The number of carbonyl (C=O) groups excluding carboxylic acids is 2. The van der Waals surface area contributed by atoms with Crippen molar-refractivity contribution in [3.63, 3.8) is 0 Å². The number of benzene rings is 4. The van der Waals surface area contributed by atoms with Crippen LogP contribution < -0.4 is 9.47 Å². The molecule has 0 radical (unpaired) electrons. The van der Waals surface area contributed by atoms with Gasteiger partial charge < -0.3 is 19.5 Å². The molecule has 0 saturated carbocycles. The van der Waals surface area contributed by atoms with Gasteiger partial charge in [-0.3, -0.25) is 9.59 Å². The number of nitrogens with zero attached hydrogens (tertiary/aromatic N) is 1. The molecule has 1 fully saturated rings. The number of hydrogen-bond donors (Lipinski definition) is 1. The third-order valence-electron chi connectivity index (χ3n) is 7.05. The van der Waals surface area contributed by atoms with Gasteiger partial charge in [-0.2, -0.15) is 0 Å². The Morgan fingerprint density at radius 1 is 0.780 bits per heavy atom. The smallest absolute Gasteiger partial charge is 0.295 e. The SMILES string of the molecule is CCCOc1ccc(/C(O)=C2\C(=O)C(=O)N(CCc3ccccc3)C2c2cccc(OCc3ccccc3)c2)cc1. The standard InChI is InChI=1S/C35H33NO5/c1-2-22-40-29-18-16-27(17-19-29)33(37)31-32(36(35(39)34(31)38)21-20-25-10-5-3-6-11-25)28-14-9-15-30(23-28)41-24-26-12-7-4-8-13-26/h3-19,23,32,37H,2,20-22,24H2,1H3/b33-31+. The summed E-state index contributed by atoms with van der Waals surface area (Å²) >= 11 is 0. The average molecular weight is 548 g/mol. The average Bonchev–Trinajstić information content (AvgIpc) is 3.28. The van der Waals surface area contributed by atoms with Crippen LogP contribution in [-0.4, -0.2) is 34.8 Å². The zero-order valence-corrected chi connectivity index (χ0v) is 23.0. The summed E-state index contributed by atoms with van der Waals surface area (Å²) < 4.78 is 11.7. The van der Waals surface area contributed by atoms with Gasteiger partial charge in [-0.05, 0) is 65.9 Å². The van der Waals surface area contributed by atoms with E-state index in [1.54, 1.807) is 29.2 Å². The summed E-state index contributed by atoms with van der Waals surface area (Å²) in [5, 5.41) is 11.4. The monoisotopic (exact) mass is 547 g/mol. The first kappa shape index (κ1) is 27.7. The molecule has 41 heavy (non-hydrogen) atoms. The van der Waals surface area contributed by atoms with Crippen LogP contribution in [-0.2, 0) is 22.6 Å². The lowest BCUT2D eigenvalue weighted by Crippen LogP contribution is -2.31. The van der Waals surface area contributed by atoms with Crippen molar-refractivity contribution in [1.29, 1.82) is 0 Å². The van der Waals surface area contributed by atoms with E-state index in [0.717, 1.165) is 17.5 Å². The Balaban J connectivity index is 1.50. The molecule has 1 aliphatic rings. The lowest BCUT2D eigenvalue weighted by molar-refractivity contribution is -0.139. The van der Waals surface area contributed by atoms with E-state index in [0.29, 0.717) is 48.8 Å². The summed E-state index contributed by atoms with van der Waals surface area (Å²) in [5.74, 6) is -0.273. The van der Waals surface area contributed by atoms with E-state index in [4.69, 9.17) is 9.47 Å². The van der Waals surface area contributed by atoms with Gasteiger partial charge in [0, 0.05) is 12.1 Å². The Morgan fingerprint density at radius 2 is 1.46 bits per heavy atom. The molecule has 6 heteroatoms. The van der Waals surface area contributed by atoms with Crippen LogP contribution in [0.3, 0.4) is 0 Å². The molecular formula is C35H33NO5. The fraction of sp³-hybridized carbons (Fsp3) is 0.200. The van der Waals surface area contributed by atoms with Crippen LogP contribution in [0.25, 0.3) is 5.76 Å². The van der Waals surface area contributed by atoms with E-state index in [2.05, 4.69) is 0 Å². The highest BCUT2D eigenvalue weighted by Crippen LogP contribution is 2.40. The second-order valence-corrected chi connectivity index (χ2v) is 9.95. The number of amides is 1. The number of carbonyl (C=O) groups is 2. The highest BCUT2D eigenvalue weighted by molar-refractivity contribution is 6.46. The summed E-state index contributed by atoms with van der Waals surface area (Å²) in [5.41, 5.74) is 3.27. The topological polar surface area (TPSA) is 76.1 Å². The van der Waals surface area contributed by atoms with Crippen molar-refractivity contribution in [3.05, 3.63) is 137 Å². The van der Waals surface area contributed by atoms with Crippen molar-refractivity contribution >= 4 is 17.4 Å². The molecule has 4 aromatic rings. The zero-order chi connectivity index (χ0) is 28.6. The minimum atomic E-state index is -0.769. The number of Topliss-reactive ketones (excluding diaryl/α,β-unsaturated/α-hetero) is 1. The fourth-order valence-electron chi connectivity index (χ4n) is 4.95. The van der Waals surface area contributed by atoms with Gasteiger partial charge >= 0.3 is 0 Å². The van der Waals surface area contributed by atoms with Gasteiger partial charge in [0.2, 0.25) is 0 Å². The minimum absolute atomic E-state index is 0.0606. The molecule has 1 N–H and O–H groups in total. The summed E-state index contributed by atoms with van der Waals surface area (Å²) in [6, 6.07) is 33.2. The minimum Gasteiger partial charge on any atom is -0.507 e. The molecule has 6 nitrogen and oxygen atoms in total. The van der Waals surface area contributed by atoms with E-state index in [1.165, 1.54) is 0 Å². The molecule has 4 aromatic carbocycles. The molecule has 1 atom stereocenters. The number of aliphatic hydroxyl groups excluding tert-OH is 1. The lowest BCUT2D eigenvalue weighted by atomic mass is 9.95. The molecule has 0 bridgehead atoms.